The molecule has 6 heteroatoms. The van der Waals surface area contributed by atoms with E-state index in [4.69, 9.17) is 4.74 Å². The summed E-state index contributed by atoms with van der Waals surface area (Å²) in [6.45, 7) is 0.921. The summed E-state index contributed by atoms with van der Waals surface area (Å²) in [6.07, 6.45) is 1.46. The Bertz CT molecular complexity index is 895. The fourth-order valence-corrected chi connectivity index (χ4v) is 4.01. The van der Waals surface area contributed by atoms with Gasteiger partial charge in [0.2, 0.25) is 5.91 Å². The number of anilines is 1. The molecular formula is C20H20N2O4. The maximum atomic E-state index is 13.0. The number of benzene rings is 2. The van der Waals surface area contributed by atoms with Crippen LogP contribution in [-0.2, 0) is 10.2 Å². The second-order valence-corrected chi connectivity index (χ2v) is 6.80. The first-order chi connectivity index (χ1) is 12.5. The maximum absolute atomic E-state index is 13.0. The molecule has 1 fully saturated rings. The zero-order valence-corrected chi connectivity index (χ0v) is 14.5. The largest absolute Gasteiger partial charge is 0.504 e. The summed E-state index contributed by atoms with van der Waals surface area (Å²) in [5, 5.41) is 12.9. The topological polar surface area (TPSA) is 78.9 Å². The van der Waals surface area contributed by atoms with Crippen molar-refractivity contribution in [2.45, 2.75) is 18.3 Å². The van der Waals surface area contributed by atoms with Crippen molar-refractivity contribution in [2.24, 2.45) is 0 Å². The monoisotopic (exact) mass is 352 g/mol. The number of para-hydroxylation sites is 1. The van der Waals surface area contributed by atoms with Crippen LogP contribution in [-0.4, -0.2) is 42.0 Å². The number of hydrogen-bond donors (Lipinski definition) is 2. The first kappa shape index (κ1) is 16.4. The standard InChI is InChI=1S/C20H20N2O4/c1-26-17-8-7-13(11-16(17)23)18(24)22-10-4-9-20(12-22)14-5-2-3-6-15(14)21-19(20)25/h2-3,5-8,11,23H,4,9-10,12H2,1H3,(H,21,25)/t20-/m0/s1. The van der Waals surface area contributed by atoms with E-state index in [2.05, 4.69) is 5.32 Å². The van der Waals surface area contributed by atoms with Crippen LogP contribution in [0, 0.1) is 0 Å². The predicted molar refractivity (Wildman–Crippen MR) is 96.5 cm³/mol. The van der Waals surface area contributed by atoms with E-state index in [-0.39, 0.29) is 17.6 Å². The summed E-state index contributed by atoms with van der Waals surface area (Å²) >= 11 is 0. The first-order valence-electron chi connectivity index (χ1n) is 8.62. The van der Waals surface area contributed by atoms with Gasteiger partial charge in [0.1, 0.15) is 0 Å². The first-order valence-corrected chi connectivity index (χ1v) is 8.62. The van der Waals surface area contributed by atoms with Crippen molar-refractivity contribution in [2.75, 3.05) is 25.5 Å². The smallest absolute Gasteiger partial charge is 0.254 e. The van der Waals surface area contributed by atoms with Crippen LogP contribution in [0.4, 0.5) is 5.69 Å². The van der Waals surface area contributed by atoms with Crippen LogP contribution >= 0.6 is 0 Å². The van der Waals surface area contributed by atoms with E-state index in [1.165, 1.54) is 13.2 Å². The number of hydrogen-bond acceptors (Lipinski definition) is 4. The van der Waals surface area contributed by atoms with Crippen molar-refractivity contribution in [3.63, 3.8) is 0 Å². The molecule has 2 heterocycles. The number of phenolic OH excluding ortho intramolecular Hbond substituents is 1. The summed E-state index contributed by atoms with van der Waals surface area (Å²) in [5.41, 5.74) is 1.47. The van der Waals surface area contributed by atoms with Gasteiger partial charge in [0, 0.05) is 24.3 Å². The molecule has 1 atom stereocenters. The Balaban J connectivity index is 1.64. The Hall–Kier alpha value is -3.02. The van der Waals surface area contributed by atoms with Gasteiger partial charge in [-0.3, -0.25) is 9.59 Å². The molecule has 2 amide bonds. The number of methoxy groups -OCH3 is 1. The lowest BCUT2D eigenvalue weighted by Gasteiger charge is -2.39. The average molecular weight is 352 g/mol. The van der Waals surface area contributed by atoms with Gasteiger partial charge < -0.3 is 20.1 Å². The highest BCUT2D eigenvalue weighted by Gasteiger charge is 2.49. The number of carbonyl (C=O) groups excluding carboxylic acids is 2. The molecule has 0 aromatic heterocycles. The number of phenols is 1. The minimum Gasteiger partial charge on any atom is -0.504 e. The van der Waals surface area contributed by atoms with Crippen molar-refractivity contribution in [1.82, 2.24) is 4.90 Å². The molecular weight excluding hydrogens is 332 g/mol. The van der Waals surface area contributed by atoms with Crippen molar-refractivity contribution in [1.29, 1.82) is 0 Å². The van der Waals surface area contributed by atoms with Gasteiger partial charge in [-0.15, -0.1) is 0 Å². The van der Waals surface area contributed by atoms with Crippen LogP contribution in [0.25, 0.3) is 0 Å². The van der Waals surface area contributed by atoms with E-state index in [1.54, 1.807) is 17.0 Å². The average Bonchev–Trinajstić information content (AvgIpc) is 2.92. The molecule has 2 aromatic rings. The summed E-state index contributed by atoms with van der Waals surface area (Å²) in [6, 6.07) is 12.3. The lowest BCUT2D eigenvalue weighted by Crippen LogP contribution is -2.51. The van der Waals surface area contributed by atoms with Crippen molar-refractivity contribution in [3.05, 3.63) is 53.6 Å². The number of nitrogens with zero attached hydrogens (tertiary/aromatic N) is 1. The third-order valence-electron chi connectivity index (χ3n) is 5.33. The number of carbonyl (C=O) groups is 2. The lowest BCUT2D eigenvalue weighted by molar-refractivity contribution is -0.122. The van der Waals surface area contributed by atoms with Crippen molar-refractivity contribution >= 4 is 17.5 Å². The number of likely N-dealkylation sites (tertiary alicyclic amines) is 1. The van der Waals surface area contributed by atoms with Gasteiger partial charge >= 0.3 is 0 Å². The lowest BCUT2D eigenvalue weighted by atomic mass is 9.75. The predicted octanol–water partition coefficient (Wildman–Crippen LogP) is 2.53. The number of aromatic hydroxyl groups is 1. The van der Waals surface area contributed by atoms with Crippen molar-refractivity contribution in [3.8, 4) is 11.5 Å². The molecule has 0 aliphatic carbocycles. The Kier molecular flexibility index (Phi) is 3.83. The SMILES string of the molecule is COc1ccc(C(=O)N2CCC[C@@]3(C2)C(=O)Nc2ccccc23)cc1O. The van der Waals surface area contributed by atoms with Gasteiger partial charge in [-0.25, -0.2) is 0 Å². The van der Waals surface area contributed by atoms with Gasteiger partial charge in [-0.1, -0.05) is 18.2 Å². The van der Waals surface area contributed by atoms with Crippen LogP contribution in [0.3, 0.4) is 0 Å². The number of fused-ring (bicyclic) bond motifs is 2. The molecule has 2 aliphatic heterocycles. The summed E-state index contributed by atoms with van der Waals surface area (Å²) < 4.78 is 5.03. The fraction of sp³-hybridized carbons (Fsp3) is 0.300. The minimum atomic E-state index is -0.695. The van der Waals surface area contributed by atoms with Gasteiger partial charge in [0.05, 0.1) is 12.5 Å². The van der Waals surface area contributed by atoms with Crippen LogP contribution in [0.1, 0.15) is 28.8 Å². The highest BCUT2D eigenvalue weighted by atomic mass is 16.5. The van der Waals surface area contributed by atoms with Crippen LogP contribution in [0.5, 0.6) is 11.5 Å². The molecule has 2 aromatic carbocycles. The third kappa shape index (κ3) is 2.41. The highest BCUT2D eigenvalue weighted by Crippen LogP contribution is 2.43. The summed E-state index contributed by atoms with van der Waals surface area (Å²) in [4.78, 5) is 27.4. The Labute approximate surface area is 151 Å². The van der Waals surface area contributed by atoms with Gasteiger partial charge in [-0.05, 0) is 42.7 Å². The summed E-state index contributed by atoms with van der Waals surface area (Å²) in [7, 11) is 1.46. The molecule has 6 nitrogen and oxygen atoms in total. The van der Waals surface area contributed by atoms with Crippen molar-refractivity contribution < 1.29 is 19.4 Å². The van der Waals surface area contributed by atoms with E-state index >= 15 is 0 Å². The summed E-state index contributed by atoms with van der Waals surface area (Å²) in [5.74, 6) is 0.00257. The van der Waals surface area contributed by atoms with Gasteiger partial charge in [0.15, 0.2) is 11.5 Å². The molecule has 2 N–H and O–H groups in total. The van der Waals surface area contributed by atoms with Crippen LogP contribution < -0.4 is 10.1 Å². The molecule has 2 aliphatic rings. The number of piperidine rings is 1. The quantitative estimate of drug-likeness (QED) is 0.871. The zero-order chi connectivity index (χ0) is 18.3. The van der Waals surface area contributed by atoms with E-state index in [1.807, 2.05) is 24.3 Å². The number of rotatable bonds is 2. The maximum Gasteiger partial charge on any atom is 0.254 e. The van der Waals surface area contributed by atoms with Crippen LogP contribution in [0.15, 0.2) is 42.5 Å². The van der Waals surface area contributed by atoms with Gasteiger partial charge in [-0.2, -0.15) is 0 Å². The Morgan fingerprint density at radius 3 is 2.85 bits per heavy atom. The normalized spacial score (nSPS) is 21.4. The molecule has 134 valence electrons. The van der Waals surface area contributed by atoms with E-state index < -0.39 is 5.41 Å². The Morgan fingerprint density at radius 1 is 1.27 bits per heavy atom. The fourth-order valence-electron chi connectivity index (χ4n) is 4.01. The van der Waals surface area contributed by atoms with Crippen LogP contribution in [0.2, 0.25) is 0 Å². The number of nitrogens with one attached hydrogen (secondary N) is 1. The molecule has 0 saturated carbocycles. The number of amides is 2. The number of ether oxygens (including phenoxy) is 1. The minimum absolute atomic E-state index is 0.0474. The highest BCUT2D eigenvalue weighted by molar-refractivity contribution is 6.07. The van der Waals surface area contributed by atoms with E-state index in [9.17, 15) is 14.7 Å². The molecule has 4 rings (SSSR count). The Morgan fingerprint density at radius 2 is 2.08 bits per heavy atom. The van der Waals surface area contributed by atoms with E-state index in [0.29, 0.717) is 30.8 Å². The third-order valence-corrected chi connectivity index (χ3v) is 5.33. The molecule has 0 bridgehead atoms. The van der Waals surface area contributed by atoms with E-state index in [0.717, 1.165) is 17.7 Å². The van der Waals surface area contributed by atoms with Gasteiger partial charge in [0.25, 0.3) is 5.91 Å². The second-order valence-electron chi connectivity index (χ2n) is 6.80. The second kappa shape index (κ2) is 6.05. The zero-order valence-electron chi connectivity index (χ0n) is 14.5. The molecule has 0 unspecified atom stereocenters. The molecule has 26 heavy (non-hydrogen) atoms. The molecule has 1 saturated heterocycles. The molecule has 1 spiro atoms. The molecule has 0 radical (unpaired) electrons.